The zero-order valence-corrected chi connectivity index (χ0v) is 16.4. The van der Waals surface area contributed by atoms with Gasteiger partial charge in [-0.15, -0.1) is 0 Å². The molecule has 3 N–H and O–H groups in total. The van der Waals surface area contributed by atoms with E-state index in [4.69, 9.17) is 4.74 Å². The van der Waals surface area contributed by atoms with Gasteiger partial charge in [-0.25, -0.2) is 5.43 Å². The van der Waals surface area contributed by atoms with Gasteiger partial charge in [-0.2, -0.15) is 5.10 Å². The first-order valence-electron chi connectivity index (χ1n) is 9.03. The fourth-order valence-electron chi connectivity index (χ4n) is 2.43. The number of hydrogen-bond donors (Lipinski definition) is 3. The zero-order valence-electron chi connectivity index (χ0n) is 16.4. The SMILES string of the molecule is COc1ccccc1CNC(=O)C/C(C)=N/NC(=O)C(=O)NCc1ccccc1. The van der Waals surface area contributed by atoms with Crippen LogP contribution in [0.25, 0.3) is 0 Å². The van der Waals surface area contributed by atoms with Crippen molar-refractivity contribution in [3.8, 4) is 5.75 Å². The van der Waals surface area contributed by atoms with Gasteiger partial charge in [0, 0.05) is 24.4 Å². The van der Waals surface area contributed by atoms with Crippen molar-refractivity contribution < 1.29 is 19.1 Å². The van der Waals surface area contributed by atoms with Gasteiger partial charge < -0.3 is 15.4 Å². The van der Waals surface area contributed by atoms with E-state index in [2.05, 4.69) is 21.2 Å². The number of benzene rings is 2. The van der Waals surface area contributed by atoms with Gasteiger partial charge in [0.15, 0.2) is 0 Å². The summed E-state index contributed by atoms with van der Waals surface area (Å²) in [6, 6.07) is 16.6. The van der Waals surface area contributed by atoms with E-state index >= 15 is 0 Å². The van der Waals surface area contributed by atoms with Gasteiger partial charge in [-0.3, -0.25) is 14.4 Å². The third kappa shape index (κ3) is 7.45. The second-order valence-electron chi connectivity index (χ2n) is 6.22. The number of carbonyl (C=O) groups excluding carboxylic acids is 3. The van der Waals surface area contributed by atoms with E-state index in [1.54, 1.807) is 14.0 Å². The van der Waals surface area contributed by atoms with E-state index in [1.165, 1.54) is 0 Å². The van der Waals surface area contributed by atoms with Crippen molar-refractivity contribution in [1.29, 1.82) is 0 Å². The van der Waals surface area contributed by atoms with E-state index in [0.29, 0.717) is 18.0 Å². The van der Waals surface area contributed by atoms with Gasteiger partial charge in [0.25, 0.3) is 0 Å². The molecule has 0 bridgehead atoms. The predicted octanol–water partition coefficient (Wildman–Crippen LogP) is 1.51. The molecule has 0 aliphatic rings. The third-order valence-electron chi connectivity index (χ3n) is 3.94. The van der Waals surface area contributed by atoms with Crippen LogP contribution in [0.4, 0.5) is 0 Å². The summed E-state index contributed by atoms with van der Waals surface area (Å²) in [6.45, 7) is 2.14. The topological polar surface area (TPSA) is 109 Å². The van der Waals surface area contributed by atoms with Crippen LogP contribution in [0.1, 0.15) is 24.5 Å². The smallest absolute Gasteiger partial charge is 0.329 e. The largest absolute Gasteiger partial charge is 0.496 e. The highest BCUT2D eigenvalue weighted by atomic mass is 16.5. The van der Waals surface area contributed by atoms with E-state index < -0.39 is 11.8 Å². The summed E-state index contributed by atoms with van der Waals surface area (Å²) in [5.74, 6) is -1.27. The Morgan fingerprint density at radius 3 is 2.31 bits per heavy atom. The van der Waals surface area contributed by atoms with Crippen molar-refractivity contribution in [2.24, 2.45) is 5.10 Å². The molecule has 8 heteroatoms. The predicted molar refractivity (Wildman–Crippen MR) is 109 cm³/mol. The molecule has 0 aliphatic heterocycles. The number of nitrogens with zero attached hydrogens (tertiary/aromatic N) is 1. The van der Waals surface area contributed by atoms with Crippen LogP contribution in [0.2, 0.25) is 0 Å². The molecule has 0 atom stereocenters. The number of rotatable bonds is 8. The molecule has 29 heavy (non-hydrogen) atoms. The van der Waals surface area contributed by atoms with Gasteiger partial charge in [0.1, 0.15) is 5.75 Å². The monoisotopic (exact) mass is 396 g/mol. The number of methoxy groups -OCH3 is 1. The van der Waals surface area contributed by atoms with Crippen LogP contribution in [0.5, 0.6) is 5.75 Å². The zero-order chi connectivity index (χ0) is 21.1. The maximum Gasteiger partial charge on any atom is 0.329 e. The van der Waals surface area contributed by atoms with Crippen LogP contribution in [0.3, 0.4) is 0 Å². The van der Waals surface area contributed by atoms with Crippen molar-refractivity contribution in [3.05, 3.63) is 65.7 Å². The molecular formula is C21H24N4O4. The van der Waals surface area contributed by atoms with Crippen LogP contribution in [-0.2, 0) is 27.5 Å². The second-order valence-corrected chi connectivity index (χ2v) is 6.22. The summed E-state index contributed by atoms with van der Waals surface area (Å²) >= 11 is 0. The molecule has 0 aromatic heterocycles. The maximum absolute atomic E-state index is 12.0. The number of hydrogen-bond acceptors (Lipinski definition) is 5. The summed E-state index contributed by atoms with van der Waals surface area (Å²) in [7, 11) is 1.57. The van der Waals surface area contributed by atoms with Crippen molar-refractivity contribution >= 4 is 23.4 Å². The van der Waals surface area contributed by atoms with Crippen molar-refractivity contribution in [1.82, 2.24) is 16.1 Å². The maximum atomic E-state index is 12.0. The molecule has 0 saturated heterocycles. The van der Waals surface area contributed by atoms with E-state index in [9.17, 15) is 14.4 Å². The number of ether oxygens (including phenoxy) is 1. The third-order valence-corrected chi connectivity index (χ3v) is 3.94. The standard InChI is InChI=1S/C21H24N4O4/c1-15(12-19(26)22-14-17-10-6-7-11-18(17)29-2)24-25-21(28)20(27)23-13-16-8-4-3-5-9-16/h3-11H,12-14H2,1-2H3,(H,22,26)(H,23,27)(H,25,28)/b24-15+. The van der Waals surface area contributed by atoms with Crippen molar-refractivity contribution in [2.45, 2.75) is 26.4 Å². The fraction of sp³-hybridized carbons (Fsp3) is 0.238. The van der Waals surface area contributed by atoms with Crippen LogP contribution in [0, 0.1) is 0 Å². The Labute approximate surface area is 169 Å². The number of amides is 3. The molecule has 0 heterocycles. The molecule has 0 radical (unpaired) electrons. The lowest BCUT2D eigenvalue weighted by Crippen LogP contribution is -2.37. The first-order chi connectivity index (χ1) is 14.0. The molecule has 0 saturated carbocycles. The summed E-state index contributed by atoms with van der Waals surface area (Å²) < 4.78 is 5.23. The van der Waals surface area contributed by atoms with E-state index in [0.717, 1.165) is 11.1 Å². The molecule has 152 valence electrons. The van der Waals surface area contributed by atoms with Gasteiger partial charge >= 0.3 is 11.8 Å². The normalized spacial score (nSPS) is 10.8. The van der Waals surface area contributed by atoms with Gasteiger partial charge in [-0.1, -0.05) is 48.5 Å². The first kappa shape index (κ1) is 21.6. The quantitative estimate of drug-likeness (QED) is 0.357. The molecule has 2 aromatic carbocycles. The van der Waals surface area contributed by atoms with E-state index in [1.807, 2.05) is 54.6 Å². The van der Waals surface area contributed by atoms with Gasteiger partial charge in [0.2, 0.25) is 5.91 Å². The molecule has 3 amide bonds. The lowest BCUT2D eigenvalue weighted by molar-refractivity contribution is -0.139. The van der Waals surface area contributed by atoms with Crippen LogP contribution < -0.4 is 20.8 Å². The van der Waals surface area contributed by atoms with Gasteiger partial charge in [0.05, 0.1) is 13.5 Å². The highest BCUT2D eigenvalue weighted by molar-refractivity contribution is 6.35. The van der Waals surface area contributed by atoms with Crippen LogP contribution in [-0.4, -0.2) is 30.5 Å². The number of carbonyl (C=O) groups is 3. The van der Waals surface area contributed by atoms with E-state index in [-0.39, 0.29) is 18.9 Å². The summed E-state index contributed by atoms with van der Waals surface area (Å²) in [5, 5.41) is 9.06. The first-order valence-corrected chi connectivity index (χ1v) is 9.03. The second kappa shape index (κ2) is 11.2. The molecule has 0 unspecified atom stereocenters. The molecule has 0 spiro atoms. The minimum Gasteiger partial charge on any atom is -0.496 e. The molecule has 2 aromatic rings. The van der Waals surface area contributed by atoms with Crippen molar-refractivity contribution in [2.75, 3.05) is 7.11 Å². The molecular weight excluding hydrogens is 372 g/mol. The Balaban J connectivity index is 1.74. The molecule has 0 aliphatic carbocycles. The van der Waals surface area contributed by atoms with Crippen molar-refractivity contribution in [3.63, 3.8) is 0 Å². The Kier molecular flexibility index (Phi) is 8.37. The summed E-state index contributed by atoms with van der Waals surface area (Å²) in [5.41, 5.74) is 4.24. The van der Waals surface area contributed by atoms with Crippen LogP contribution >= 0.6 is 0 Å². The van der Waals surface area contributed by atoms with Gasteiger partial charge in [-0.05, 0) is 18.6 Å². The minimum atomic E-state index is -0.894. The minimum absolute atomic E-state index is 0.0128. The number of hydrazone groups is 1. The lowest BCUT2D eigenvalue weighted by atomic mass is 10.2. The average molecular weight is 396 g/mol. The fourth-order valence-corrected chi connectivity index (χ4v) is 2.43. The Morgan fingerprint density at radius 1 is 0.897 bits per heavy atom. The Hall–Kier alpha value is -3.68. The van der Waals surface area contributed by atoms with Crippen LogP contribution in [0.15, 0.2) is 59.7 Å². The highest BCUT2D eigenvalue weighted by Crippen LogP contribution is 2.16. The number of para-hydroxylation sites is 1. The lowest BCUT2D eigenvalue weighted by Gasteiger charge is -2.09. The highest BCUT2D eigenvalue weighted by Gasteiger charge is 2.13. The summed E-state index contributed by atoms with van der Waals surface area (Å²) in [6.07, 6.45) is -0.0128. The average Bonchev–Trinajstić information content (AvgIpc) is 2.75. The number of nitrogens with one attached hydrogen (secondary N) is 3. The summed E-state index contributed by atoms with van der Waals surface area (Å²) in [4.78, 5) is 35.6. The molecule has 2 rings (SSSR count). The molecule has 0 fully saturated rings. The Morgan fingerprint density at radius 2 is 1.59 bits per heavy atom. The Bertz CT molecular complexity index is 881. The molecule has 8 nitrogen and oxygen atoms in total.